The van der Waals surface area contributed by atoms with Gasteiger partial charge in [-0.1, -0.05) is 28.1 Å². The highest BCUT2D eigenvalue weighted by atomic mass is 79.9. The molecule has 1 atom stereocenters. The topological polar surface area (TPSA) is 47.3 Å². The number of benzene rings is 2. The first-order valence-corrected chi connectivity index (χ1v) is 6.60. The van der Waals surface area contributed by atoms with E-state index in [-0.39, 0.29) is 5.75 Å². The van der Waals surface area contributed by atoms with Gasteiger partial charge in [-0.3, -0.25) is 5.84 Å². The third kappa shape index (κ3) is 2.98. The summed E-state index contributed by atoms with van der Waals surface area (Å²) in [7, 11) is 1.38. The summed E-state index contributed by atoms with van der Waals surface area (Å²) in [6.07, 6.45) is 0. The highest BCUT2D eigenvalue weighted by Crippen LogP contribution is 2.28. The lowest BCUT2D eigenvalue weighted by molar-refractivity contribution is 0.385. The summed E-state index contributed by atoms with van der Waals surface area (Å²) >= 11 is 3.19. The molecule has 0 heterocycles. The zero-order valence-corrected chi connectivity index (χ0v) is 12.2. The number of nitrogens with two attached hydrogens (primary N) is 1. The van der Waals surface area contributed by atoms with Crippen LogP contribution in [-0.4, -0.2) is 7.11 Å². The zero-order chi connectivity index (χ0) is 14.7. The van der Waals surface area contributed by atoms with Crippen molar-refractivity contribution in [1.29, 1.82) is 0 Å². The molecule has 0 aliphatic rings. The van der Waals surface area contributed by atoms with E-state index in [0.29, 0.717) is 15.6 Å². The lowest BCUT2D eigenvalue weighted by atomic mass is 9.98. The van der Waals surface area contributed by atoms with Gasteiger partial charge >= 0.3 is 0 Å². The minimum absolute atomic E-state index is 0.126. The van der Waals surface area contributed by atoms with E-state index in [1.807, 2.05) is 0 Å². The first-order valence-electron chi connectivity index (χ1n) is 5.81. The molecule has 3 nitrogen and oxygen atoms in total. The third-order valence-electron chi connectivity index (χ3n) is 2.95. The van der Waals surface area contributed by atoms with Gasteiger partial charge in [0.15, 0.2) is 11.6 Å². The van der Waals surface area contributed by atoms with Gasteiger partial charge in [-0.15, -0.1) is 0 Å². The molecule has 0 aliphatic heterocycles. The Bertz CT molecular complexity index is 622. The minimum atomic E-state index is -0.650. The van der Waals surface area contributed by atoms with Crippen molar-refractivity contribution in [3.63, 3.8) is 0 Å². The Morgan fingerprint density at radius 3 is 2.45 bits per heavy atom. The monoisotopic (exact) mass is 342 g/mol. The Labute approximate surface area is 123 Å². The molecular formula is C14H13BrF2N2O. The van der Waals surface area contributed by atoms with Gasteiger partial charge in [0.05, 0.1) is 13.2 Å². The van der Waals surface area contributed by atoms with E-state index in [1.54, 1.807) is 18.2 Å². The van der Waals surface area contributed by atoms with Crippen LogP contribution in [0.3, 0.4) is 0 Å². The normalized spacial score (nSPS) is 12.2. The maximum Gasteiger partial charge on any atom is 0.165 e. The fourth-order valence-electron chi connectivity index (χ4n) is 1.96. The van der Waals surface area contributed by atoms with Gasteiger partial charge in [-0.25, -0.2) is 14.2 Å². The second kappa shape index (κ2) is 6.30. The molecule has 0 radical (unpaired) electrons. The Morgan fingerprint density at radius 2 is 1.90 bits per heavy atom. The van der Waals surface area contributed by atoms with Crippen LogP contribution in [0.15, 0.2) is 40.9 Å². The van der Waals surface area contributed by atoms with Crippen LogP contribution in [0.25, 0.3) is 0 Å². The second-order valence-corrected chi connectivity index (χ2v) is 5.08. The number of nitrogens with one attached hydrogen (secondary N) is 1. The minimum Gasteiger partial charge on any atom is -0.494 e. The SMILES string of the molecule is COc1ccc(C(NN)c2ccc(Br)cc2F)cc1F. The molecule has 2 aromatic rings. The first kappa shape index (κ1) is 14.9. The molecule has 2 rings (SSSR count). The van der Waals surface area contributed by atoms with Crippen molar-refractivity contribution >= 4 is 15.9 Å². The van der Waals surface area contributed by atoms with Gasteiger partial charge < -0.3 is 4.74 Å². The van der Waals surface area contributed by atoms with Crippen molar-refractivity contribution in [1.82, 2.24) is 5.43 Å². The molecule has 1 unspecified atom stereocenters. The molecule has 0 fully saturated rings. The number of hydrogen-bond acceptors (Lipinski definition) is 3. The predicted molar refractivity (Wildman–Crippen MR) is 76.2 cm³/mol. The number of halogens is 3. The predicted octanol–water partition coefficient (Wildman–Crippen LogP) is 3.29. The number of hydrazine groups is 1. The number of methoxy groups -OCH3 is 1. The van der Waals surface area contributed by atoms with Crippen LogP contribution in [0.4, 0.5) is 8.78 Å². The fraction of sp³-hybridized carbons (Fsp3) is 0.143. The summed E-state index contributed by atoms with van der Waals surface area (Å²) in [5.41, 5.74) is 3.34. The zero-order valence-electron chi connectivity index (χ0n) is 10.7. The van der Waals surface area contributed by atoms with Crippen LogP contribution in [0.1, 0.15) is 17.2 Å². The van der Waals surface area contributed by atoms with Gasteiger partial charge in [0.1, 0.15) is 5.82 Å². The van der Waals surface area contributed by atoms with Gasteiger partial charge in [0.2, 0.25) is 0 Å². The highest BCUT2D eigenvalue weighted by molar-refractivity contribution is 9.10. The Hall–Kier alpha value is -1.50. The second-order valence-electron chi connectivity index (χ2n) is 4.16. The summed E-state index contributed by atoms with van der Waals surface area (Å²) in [4.78, 5) is 0. The molecule has 0 spiro atoms. The molecular weight excluding hydrogens is 330 g/mol. The summed E-state index contributed by atoms with van der Waals surface area (Å²) < 4.78 is 33.2. The van der Waals surface area contributed by atoms with E-state index in [2.05, 4.69) is 21.4 Å². The highest BCUT2D eigenvalue weighted by Gasteiger charge is 2.18. The summed E-state index contributed by atoms with van der Waals surface area (Å²) in [5, 5.41) is 0. The molecule has 0 amide bonds. The van der Waals surface area contributed by atoms with Crippen LogP contribution < -0.4 is 16.0 Å². The van der Waals surface area contributed by atoms with E-state index < -0.39 is 17.7 Å². The van der Waals surface area contributed by atoms with Crippen LogP contribution in [0.2, 0.25) is 0 Å². The number of ether oxygens (including phenoxy) is 1. The van der Waals surface area contributed by atoms with Crippen LogP contribution >= 0.6 is 15.9 Å². The van der Waals surface area contributed by atoms with Crippen LogP contribution in [0.5, 0.6) is 5.75 Å². The van der Waals surface area contributed by atoms with E-state index in [1.165, 1.54) is 25.3 Å². The van der Waals surface area contributed by atoms with Crippen molar-refractivity contribution in [2.24, 2.45) is 5.84 Å². The van der Waals surface area contributed by atoms with Gasteiger partial charge in [-0.05, 0) is 29.8 Å². The Morgan fingerprint density at radius 1 is 1.15 bits per heavy atom. The number of rotatable bonds is 4. The number of hydrogen-bond donors (Lipinski definition) is 2. The Kier molecular flexibility index (Phi) is 4.69. The molecule has 0 aliphatic carbocycles. The molecule has 0 saturated heterocycles. The van der Waals surface area contributed by atoms with E-state index >= 15 is 0 Å². The standard InChI is InChI=1S/C14H13BrF2N2O/c1-20-13-5-2-8(6-12(13)17)14(19-18)10-4-3-9(15)7-11(10)16/h2-7,14,19H,18H2,1H3. The third-order valence-corrected chi connectivity index (χ3v) is 3.44. The molecule has 6 heteroatoms. The molecule has 106 valence electrons. The lowest BCUT2D eigenvalue weighted by Gasteiger charge is -2.18. The van der Waals surface area contributed by atoms with Crippen molar-refractivity contribution in [2.75, 3.05) is 7.11 Å². The average molecular weight is 343 g/mol. The largest absolute Gasteiger partial charge is 0.494 e. The average Bonchev–Trinajstić information content (AvgIpc) is 2.42. The molecule has 3 N–H and O–H groups in total. The van der Waals surface area contributed by atoms with E-state index in [0.717, 1.165) is 0 Å². The molecule has 0 aromatic heterocycles. The van der Waals surface area contributed by atoms with Crippen molar-refractivity contribution in [3.05, 3.63) is 63.6 Å². The molecule has 0 saturated carbocycles. The van der Waals surface area contributed by atoms with Crippen LogP contribution in [0, 0.1) is 11.6 Å². The van der Waals surface area contributed by atoms with Crippen molar-refractivity contribution in [3.8, 4) is 5.75 Å². The maximum atomic E-state index is 14.0. The van der Waals surface area contributed by atoms with Crippen molar-refractivity contribution in [2.45, 2.75) is 6.04 Å². The molecule has 20 heavy (non-hydrogen) atoms. The van der Waals surface area contributed by atoms with E-state index in [9.17, 15) is 8.78 Å². The smallest absolute Gasteiger partial charge is 0.165 e. The van der Waals surface area contributed by atoms with Gasteiger partial charge in [0, 0.05) is 10.0 Å². The quantitative estimate of drug-likeness (QED) is 0.662. The summed E-state index contributed by atoms with van der Waals surface area (Å²) in [5.74, 6) is 4.65. The maximum absolute atomic E-state index is 14.0. The molecule has 0 bridgehead atoms. The van der Waals surface area contributed by atoms with Gasteiger partial charge in [0.25, 0.3) is 0 Å². The van der Waals surface area contributed by atoms with Crippen molar-refractivity contribution < 1.29 is 13.5 Å². The lowest BCUT2D eigenvalue weighted by Crippen LogP contribution is -2.29. The van der Waals surface area contributed by atoms with Gasteiger partial charge in [-0.2, -0.15) is 0 Å². The Balaban J connectivity index is 2.44. The summed E-state index contributed by atoms with van der Waals surface area (Å²) in [6.45, 7) is 0. The first-order chi connectivity index (χ1) is 9.56. The fourth-order valence-corrected chi connectivity index (χ4v) is 2.30. The summed E-state index contributed by atoms with van der Waals surface area (Å²) in [6, 6.07) is 8.35. The van der Waals surface area contributed by atoms with E-state index in [4.69, 9.17) is 10.6 Å². The van der Waals surface area contributed by atoms with Crippen LogP contribution in [-0.2, 0) is 0 Å². The molecule has 2 aromatic carbocycles.